The first-order valence-corrected chi connectivity index (χ1v) is 8.36. The minimum atomic E-state index is 0.407. The Bertz CT molecular complexity index is 493. The van der Waals surface area contributed by atoms with Gasteiger partial charge < -0.3 is 5.32 Å². The first-order valence-electron chi connectivity index (χ1n) is 7.22. The van der Waals surface area contributed by atoms with Crippen LogP contribution in [-0.4, -0.2) is 30.6 Å². The van der Waals surface area contributed by atoms with E-state index in [1.165, 1.54) is 5.57 Å². The van der Waals surface area contributed by atoms with Crippen molar-refractivity contribution in [2.24, 2.45) is 0 Å². The van der Waals surface area contributed by atoms with Crippen molar-refractivity contribution in [1.29, 1.82) is 0 Å². The van der Waals surface area contributed by atoms with Crippen molar-refractivity contribution < 1.29 is 0 Å². The minimum absolute atomic E-state index is 0.407. The second-order valence-electron chi connectivity index (χ2n) is 5.75. The highest BCUT2D eigenvalue weighted by atomic mass is 35.5. The number of likely N-dealkylation sites (tertiary alicyclic amines) is 1. The van der Waals surface area contributed by atoms with Crippen LogP contribution in [0.3, 0.4) is 0 Å². The van der Waals surface area contributed by atoms with Gasteiger partial charge in [0.05, 0.1) is 15.7 Å². The molecule has 0 unspecified atom stereocenters. The Hall–Kier alpha value is -0.410. The van der Waals surface area contributed by atoms with Crippen LogP contribution in [0.4, 0.5) is 5.69 Å². The molecule has 0 spiro atoms. The number of hydrogen-bond acceptors (Lipinski definition) is 2. The molecule has 1 aliphatic rings. The predicted molar refractivity (Wildman–Crippen MR) is 94.0 cm³/mol. The van der Waals surface area contributed by atoms with Gasteiger partial charge >= 0.3 is 0 Å². The van der Waals surface area contributed by atoms with Gasteiger partial charge in [-0.3, -0.25) is 4.90 Å². The van der Waals surface area contributed by atoms with Crippen LogP contribution in [-0.2, 0) is 0 Å². The topological polar surface area (TPSA) is 15.3 Å². The van der Waals surface area contributed by atoms with Gasteiger partial charge in [-0.05, 0) is 38.8 Å². The molecule has 1 fully saturated rings. The summed E-state index contributed by atoms with van der Waals surface area (Å²) in [4.78, 5) is 2.47. The highest BCUT2D eigenvalue weighted by Crippen LogP contribution is 2.34. The summed E-state index contributed by atoms with van der Waals surface area (Å²) in [6.45, 7) is 7.49. The molecule has 1 aromatic carbocycles. The number of anilines is 1. The third-order valence-electron chi connectivity index (χ3n) is 3.70. The van der Waals surface area contributed by atoms with Gasteiger partial charge in [-0.15, -0.1) is 0 Å². The van der Waals surface area contributed by atoms with E-state index in [0.717, 1.165) is 38.2 Å². The van der Waals surface area contributed by atoms with E-state index in [1.807, 2.05) is 0 Å². The van der Waals surface area contributed by atoms with Crippen molar-refractivity contribution in [3.8, 4) is 0 Å². The molecule has 1 N–H and O–H groups in total. The summed E-state index contributed by atoms with van der Waals surface area (Å²) < 4.78 is 0. The predicted octanol–water partition coefficient (Wildman–Crippen LogP) is 5.49. The quantitative estimate of drug-likeness (QED) is 0.724. The van der Waals surface area contributed by atoms with Crippen LogP contribution in [0, 0.1) is 0 Å². The average molecular weight is 348 g/mol. The zero-order valence-electron chi connectivity index (χ0n) is 12.4. The van der Waals surface area contributed by atoms with Gasteiger partial charge in [0, 0.05) is 30.7 Å². The highest BCUT2D eigenvalue weighted by molar-refractivity contribution is 6.41. The summed E-state index contributed by atoms with van der Waals surface area (Å²) in [5, 5.41) is 5.19. The molecular weight excluding hydrogens is 327 g/mol. The molecule has 0 aliphatic carbocycles. The lowest BCUT2D eigenvalue weighted by Gasteiger charge is -2.32. The lowest BCUT2D eigenvalue weighted by Crippen LogP contribution is -2.39. The van der Waals surface area contributed by atoms with Crippen LogP contribution < -0.4 is 5.32 Å². The number of halogens is 3. The van der Waals surface area contributed by atoms with E-state index in [-0.39, 0.29) is 0 Å². The van der Waals surface area contributed by atoms with Crippen LogP contribution in [0.5, 0.6) is 0 Å². The van der Waals surface area contributed by atoms with Gasteiger partial charge in [0.1, 0.15) is 0 Å². The molecule has 1 heterocycles. The molecule has 0 atom stereocenters. The molecule has 2 nitrogen and oxygen atoms in total. The molecule has 0 amide bonds. The van der Waals surface area contributed by atoms with Gasteiger partial charge in [0.2, 0.25) is 0 Å². The van der Waals surface area contributed by atoms with Gasteiger partial charge in [-0.25, -0.2) is 0 Å². The lowest BCUT2D eigenvalue weighted by atomic mass is 10.0. The van der Waals surface area contributed by atoms with Crippen molar-refractivity contribution >= 4 is 40.5 Å². The molecule has 21 heavy (non-hydrogen) atoms. The molecule has 1 saturated heterocycles. The number of nitrogens with zero attached hydrogens (tertiary/aromatic N) is 1. The monoisotopic (exact) mass is 346 g/mol. The van der Waals surface area contributed by atoms with Gasteiger partial charge in [0.15, 0.2) is 0 Å². The smallest absolute Gasteiger partial charge is 0.0722 e. The summed E-state index contributed by atoms with van der Waals surface area (Å²) in [5.41, 5.74) is 2.17. The molecule has 2 rings (SSSR count). The van der Waals surface area contributed by atoms with E-state index in [2.05, 4.69) is 30.1 Å². The third-order valence-corrected chi connectivity index (χ3v) is 4.52. The van der Waals surface area contributed by atoms with Crippen molar-refractivity contribution in [3.63, 3.8) is 0 Å². The Balaban J connectivity index is 1.91. The normalized spacial score (nSPS) is 16.8. The average Bonchev–Trinajstić information content (AvgIpc) is 2.41. The van der Waals surface area contributed by atoms with Gasteiger partial charge in [0.25, 0.3) is 0 Å². The molecular formula is C16H21Cl3N2. The number of piperidine rings is 1. The summed E-state index contributed by atoms with van der Waals surface area (Å²) in [5.74, 6) is 0. The molecule has 0 bridgehead atoms. The van der Waals surface area contributed by atoms with Gasteiger partial charge in [-0.2, -0.15) is 0 Å². The van der Waals surface area contributed by atoms with Crippen LogP contribution in [0.15, 0.2) is 23.8 Å². The summed E-state index contributed by atoms with van der Waals surface area (Å²) in [6, 6.07) is 3.85. The molecule has 116 valence electrons. The Morgan fingerprint density at radius 2 is 1.76 bits per heavy atom. The summed E-state index contributed by atoms with van der Waals surface area (Å²) >= 11 is 18.4. The first kappa shape index (κ1) is 17.0. The largest absolute Gasteiger partial charge is 0.380 e. The number of hydrogen-bond donors (Lipinski definition) is 1. The molecule has 1 aliphatic heterocycles. The van der Waals surface area contributed by atoms with E-state index in [9.17, 15) is 0 Å². The van der Waals surface area contributed by atoms with E-state index < -0.39 is 0 Å². The van der Waals surface area contributed by atoms with Crippen molar-refractivity contribution in [2.75, 3.05) is 25.0 Å². The van der Waals surface area contributed by atoms with Crippen LogP contribution in [0.1, 0.15) is 26.7 Å². The third kappa shape index (κ3) is 5.07. The van der Waals surface area contributed by atoms with Crippen molar-refractivity contribution in [3.05, 3.63) is 38.8 Å². The highest BCUT2D eigenvalue weighted by Gasteiger charge is 2.20. The first-order chi connectivity index (χ1) is 9.95. The van der Waals surface area contributed by atoms with E-state index in [4.69, 9.17) is 34.8 Å². The summed E-state index contributed by atoms with van der Waals surface area (Å²) in [7, 11) is 0. The minimum Gasteiger partial charge on any atom is -0.380 e. The fourth-order valence-corrected chi connectivity index (χ4v) is 3.38. The molecule has 0 radical (unpaired) electrons. The molecule has 0 saturated carbocycles. The van der Waals surface area contributed by atoms with Crippen LogP contribution >= 0.6 is 34.8 Å². The maximum Gasteiger partial charge on any atom is 0.0722 e. The lowest BCUT2D eigenvalue weighted by molar-refractivity contribution is 0.240. The Morgan fingerprint density at radius 1 is 1.19 bits per heavy atom. The molecule has 0 aromatic heterocycles. The standard InChI is InChI=1S/C16H21Cl3N2/c1-11(2)3-6-21-7-4-13(5-8-21)20-16-14(18)9-12(17)10-15(16)19/h3,9-10,13,20H,4-8H2,1-2H3. The maximum atomic E-state index is 6.22. The van der Waals surface area contributed by atoms with E-state index in [0.29, 0.717) is 21.1 Å². The number of benzene rings is 1. The summed E-state index contributed by atoms with van der Waals surface area (Å²) in [6.07, 6.45) is 4.46. The Morgan fingerprint density at radius 3 is 2.29 bits per heavy atom. The fraction of sp³-hybridized carbons (Fsp3) is 0.500. The van der Waals surface area contributed by atoms with E-state index in [1.54, 1.807) is 12.1 Å². The van der Waals surface area contributed by atoms with E-state index >= 15 is 0 Å². The SMILES string of the molecule is CC(C)=CCN1CCC(Nc2c(Cl)cc(Cl)cc2Cl)CC1. The number of rotatable bonds is 4. The van der Waals surface area contributed by atoms with Crippen molar-refractivity contribution in [2.45, 2.75) is 32.7 Å². The van der Waals surface area contributed by atoms with Gasteiger partial charge in [-0.1, -0.05) is 46.5 Å². The fourth-order valence-electron chi connectivity index (χ4n) is 2.46. The number of allylic oxidation sites excluding steroid dienone is 1. The maximum absolute atomic E-state index is 6.22. The Labute approximate surface area is 142 Å². The second kappa shape index (κ2) is 7.73. The Kier molecular flexibility index (Phi) is 6.24. The van der Waals surface area contributed by atoms with Crippen LogP contribution in [0.2, 0.25) is 15.1 Å². The second-order valence-corrected chi connectivity index (χ2v) is 7.00. The zero-order chi connectivity index (χ0) is 15.4. The molecule has 5 heteroatoms. The molecule has 1 aromatic rings. The van der Waals surface area contributed by atoms with Crippen molar-refractivity contribution in [1.82, 2.24) is 4.90 Å². The van der Waals surface area contributed by atoms with Crippen LogP contribution in [0.25, 0.3) is 0 Å². The number of nitrogens with one attached hydrogen (secondary N) is 1. The zero-order valence-corrected chi connectivity index (χ0v) is 14.7.